The molecule has 0 bridgehead atoms. The third-order valence-corrected chi connectivity index (χ3v) is 2.08. The van der Waals surface area contributed by atoms with Crippen molar-refractivity contribution >= 4 is 15.8 Å². The van der Waals surface area contributed by atoms with Gasteiger partial charge in [-0.15, -0.1) is 0 Å². The Hall–Kier alpha value is -1.70. The molecule has 0 aliphatic carbocycles. The third kappa shape index (κ3) is 3.50. The third-order valence-electron chi connectivity index (χ3n) is 1.23. The molecule has 0 fully saturated rings. The molecule has 0 spiro atoms. The van der Waals surface area contributed by atoms with E-state index in [2.05, 4.69) is 20.9 Å². The second kappa shape index (κ2) is 4.22. The Morgan fingerprint density at radius 1 is 1.67 bits per heavy atom. The van der Waals surface area contributed by atoms with Gasteiger partial charge in [0.15, 0.2) is 6.61 Å². The normalized spacial score (nSPS) is 11.0. The summed E-state index contributed by atoms with van der Waals surface area (Å²) in [7, 11) is -3.54. The number of nitrogens with zero attached hydrogens (tertiary/aromatic N) is 2. The molecule has 1 rings (SSSR count). The molecule has 0 unspecified atom stereocenters. The highest BCUT2D eigenvalue weighted by Crippen LogP contribution is 2.08. The summed E-state index contributed by atoms with van der Waals surface area (Å²) in [6, 6.07) is 1.15. The highest BCUT2D eigenvalue weighted by molar-refractivity contribution is 7.90. The fourth-order valence-corrected chi connectivity index (χ4v) is 1.14. The second-order valence-corrected chi connectivity index (χ2v) is 4.48. The number of aliphatic carboxylic acids is 1. The lowest BCUT2D eigenvalue weighted by atomic mass is 10.6. The molecule has 15 heavy (non-hydrogen) atoms. The number of carboxylic acids is 1. The van der Waals surface area contributed by atoms with Crippen LogP contribution in [0.15, 0.2) is 11.2 Å². The molecule has 0 saturated heterocycles. The van der Waals surface area contributed by atoms with E-state index in [1.165, 1.54) is 0 Å². The van der Waals surface area contributed by atoms with Crippen molar-refractivity contribution in [2.45, 2.75) is 5.16 Å². The van der Waals surface area contributed by atoms with Crippen molar-refractivity contribution in [2.24, 2.45) is 0 Å². The lowest BCUT2D eigenvalue weighted by molar-refractivity contribution is -0.139. The lowest BCUT2D eigenvalue weighted by Gasteiger charge is -2.02. The van der Waals surface area contributed by atoms with E-state index in [-0.39, 0.29) is 5.88 Å². The summed E-state index contributed by atoms with van der Waals surface area (Å²) in [6.07, 6.45) is 3.18. The number of sulfone groups is 1. The van der Waals surface area contributed by atoms with Gasteiger partial charge in [0, 0.05) is 12.3 Å². The fraction of sp³-hybridized carbons (Fsp3) is 0.286. The van der Waals surface area contributed by atoms with Crippen molar-refractivity contribution in [3.8, 4) is 5.88 Å². The molecule has 81 valence electrons. The SMILES string of the molecule is CS(=O)(=O)c1n[c]cc(OCC(=O)O)n1. The molecule has 1 aromatic rings. The van der Waals surface area contributed by atoms with Crippen molar-refractivity contribution in [1.82, 2.24) is 9.97 Å². The molecule has 0 saturated carbocycles. The maximum Gasteiger partial charge on any atom is 0.341 e. The number of hydrogen-bond acceptors (Lipinski definition) is 6. The molecule has 0 aromatic carbocycles. The number of aromatic nitrogens is 2. The first-order valence-electron chi connectivity index (χ1n) is 3.69. The van der Waals surface area contributed by atoms with Gasteiger partial charge >= 0.3 is 5.97 Å². The largest absolute Gasteiger partial charge is 0.479 e. The van der Waals surface area contributed by atoms with Crippen LogP contribution >= 0.6 is 0 Å². The van der Waals surface area contributed by atoms with Crippen LogP contribution < -0.4 is 4.74 Å². The van der Waals surface area contributed by atoms with E-state index in [9.17, 15) is 13.2 Å². The number of carbonyl (C=O) groups is 1. The average molecular weight is 231 g/mol. The zero-order valence-corrected chi connectivity index (χ0v) is 8.48. The van der Waals surface area contributed by atoms with Gasteiger partial charge in [-0.25, -0.2) is 18.2 Å². The van der Waals surface area contributed by atoms with Gasteiger partial charge in [0.05, 0.1) is 6.20 Å². The molecule has 0 aliphatic rings. The maximum atomic E-state index is 11.0. The van der Waals surface area contributed by atoms with Crippen LogP contribution in [0.4, 0.5) is 0 Å². The number of carboxylic acid groups (broad SMARTS) is 1. The first-order valence-corrected chi connectivity index (χ1v) is 5.58. The minimum atomic E-state index is -3.54. The summed E-state index contributed by atoms with van der Waals surface area (Å²) in [5, 5.41) is 7.85. The predicted octanol–water partition coefficient (Wildman–Crippen LogP) is -0.856. The van der Waals surface area contributed by atoms with Crippen LogP contribution in [0.1, 0.15) is 0 Å². The Kier molecular flexibility index (Phi) is 3.20. The number of rotatable bonds is 4. The van der Waals surface area contributed by atoms with Crippen molar-refractivity contribution < 1.29 is 23.1 Å². The molecular weight excluding hydrogens is 224 g/mol. The van der Waals surface area contributed by atoms with Crippen molar-refractivity contribution in [1.29, 1.82) is 0 Å². The van der Waals surface area contributed by atoms with E-state index >= 15 is 0 Å². The van der Waals surface area contributed by atoms with E-state index in [0.29, 0.717) is 0 Å². The highest BCUT2D eigenvalue weighted by Gasteiger charge is 2.12. The standard InChI is InChI=1S/C7H7N2O5S/c1-15(12,13)7-8-3-2-5(9-7)14-4-6(10)11/h2H,4H2,1H3,(H,10,11). The van der Waals surface area contributed by atoms with Crippen molar-refractivity contribution in [2.75, 3.05) is 12.9 Å². The van der Waals surface area contributed by atoms with Crippen LogP contribution in [0.2, 0.25) is 0 Å². The van der Waals surface area contributed by atoms with Crippen molar-refractivity contribution in [3.05, 3.63) is 12.3 Å². The summed E-state index contributed by atoms with van der Waals surface area (Å²) in [5.74, 6) is -1.33. The van der Waals surface area contributed by atoms with Crippen LogP contribution in [0.5, 0.6) is 5.88 Å². The predicted molar refractivity (Wildman–Crippen MR) is 47.1 cm³/mol. The molecule has 7 nitrogen and oxygen atoms in total. The first-order chi connectivity index (χ1) is 6.89. The van der Waals surface area contributed by atoms with Gasteiger partial charge in [-0.1, -0.05) is 0 Å². The summed E-state index contributed by atoms with van der Waals surface area (Å²) in [4.78, 5) is 17.0. The second-order valence-electron chi connectivity index (χ2n) is 2.57. The average Bonchev–Trinajstić information content (AvgIpc) is 2.14. The van der Waals surface area contributed by atoms with E-state index in [4.69, 9.17) is 5.11 Å². The Labute approximate surface area is 85.7 Å². The quantitative estimate of drug-likeness (QED) is 0.672. The zero-order valence-electron chi connectivity index (χ0n) is 7.67. The molecular formula is C7H7N2O5S. The topological polar surface area (TPSA) is 106 Å². The van der Waals surface area contributed by atoms with Crippen molar-refractivity contribution in [3.63, 3.8) is 0 Å². The summed E-state index contributed by atoms with van der Waals surface area (Å²) in [6.45, 7) is -0.603. The molecule has 1 radical (unpaired) electrons. The van der Waals surface area contributed by atoms with Crippen LogP contribution in [0, 0.1) is 6.20 Å². The van der Waals surface area contributed by atoms with Gasteiger partial charge in [-0.2, -0.15) is 4.98 Å². The van der Waals surface area contributed by atoms with Crippen LogP contribution in [-0.2, 0) is 14.6 Å². The minimum absolute atomic E-state index is 0.146. The summed E-state index contributed by atoms with van der Waals surface area (Å²) in [5.41, 5.74) is 0. The summed E-state index contributed by atoms with van der Waals surface area (Å²) < 4.78 is 26.7. The summed E-state index contributed by atoms with van der Waals surface area (Å²) >= 11 is 0. The monoisotopic (exact) mass is 231 g/mol. The lowest BCUT2D eigenvalue weighted by Crippen LogP contribution is -2.12. The van der Waals surface area contributed by atoms with Gasteiger partial charge in [0.2, 0.25) is 15.7 Å². The van der Waals surface area contributed by atoms with E-state index in [1.54, 1.807) is 0 Å². The minimum Gasteiger partial charge on any atom is -0.479 e. The van der Waals surface area contributed by atoms with E-state index in [1.807, 2.05) is 0 Å². The molecule has 0 aliphatic heterocycles. The molecule has 1 N–H and O–H groups in total. The van der Waals surface area contributed by atoms with Gasteiger partial charge in [-0.3, -0.25) is 0 Å². The molecule has 1 heterocycles. The Balaban J connectivity index is 2.89. The van der Waals surface area contributed by atoms with Crippen LogP contribution in [-0.4, -0.2) is 42.3 Å². The molecule has 1 aromatic heterocycles. The molecule has 8 heteroatoms. The maximum absolute atomic E-state index is 11.0. The zero-order chi connectivity index (χ0) is 11.5. The van der Waals surface area contributed by atoms with E-state index in [0.717, 1.165) is 12.3 Å². The Morgan fingerprint density at radius 2 is 2.33 bits per heavy atom. The smallest absolute Gasteiger partial charge is 0.341 e. The Bertz CT molecular complexity index is 470. The first kappa shape index (κ1) is 11.4. The van der Waals surface area contributed by atoms with E-state index < -0.39 is 27.6 Å². The Morgan fingerprint density at radius 3 is 2.87 bits per heavy atom. The number of hydrogen-bond donors (Lipinski definition) is 1. The van der Waals surface area contributed by atoms with Gasteiger partial charge in [-0.05, 0) is 0 Å². The van der Waals surface area contributed by atoms with Gasteiger partial charge < -0.3 is 9.84 Å². The highest BCUT2D eigenvalue weighted by atomic mass is 32.2. The molecule has 0 atom stereocenters. The van der Waals surface area contributed by atoms with Gasteiger partial charge in [0.1, 0.15) is 0 Å². The molecule has 0 amide bonds. The van der Waals surface area contributed by atoms with Gasteiger partial charge in [0.25, 0.3) is 5.16 Å². The van der Waals surface area contributed by atoms with Crippen LogP contribution in [0.3, 0.4) is 0 Å². The number of ether oxygens (including phenoxy) is 1. The van der Waals surface area contributed by atoms with Crippen LogP contribution in [0.25, 0.3) is 0 Å². The fourth-order valence-electron chi connectivity index (χ4n) is 0.670.